The van der Waals surface area contributed by atoms with Crippen LogP contribution in [0.3, 0.4) is 0 Å². The van der Waals surface area contributed by atoms with Crippen molar-refractivity contribution in [2.45, 2.75) is 19.4 Å². The van der Waals surface area contributed by atoms with Crippen molar-refractivity contribution in [3.63, 3.8) is 0 Å². The fourth-order valence-corrected chi connectivity index (χ4v) is 2.54. The molecule has 2 saturated heterocycles. The Kier molecular flexibility index (Phi) is 3.26. The topological polar surface area (TPSA) is 35.6 Å². The van der Waals surface area contributed by atoms with E-state index in [0.717, 1.165) is 39.1 Å². The first-order valence-corrected chi connectivity index (χ1v) is 5.88. The van der Waals surface area contributed by atoms with Gasteiger partial charge in [0.1, 0.15) is 0 Å². The monoisotopic (exact) mass is 211 g/mol. The molecule has 4 heteroatoms. The molecule has 0 spiro atoms. The third-order valence-corrected chi connectivity index (χ3v) is 3.52. The fourth-order valence-electron chi connectivity index (χ4n) is 2.54. The predicted molar refractivity (Wildman–Crippen MR) is 59.6 cm³/mol. The smallest absolute Gasteiger partial charge is 0.227 e. The molecule has 0 radical (unpaired) electrons. The molecule has 1 amide bonds. The van der Waals surface area contributed by atoms with Crippen LogP contribution in [0.4, 0.5) is 0 Å². The second kappa shape index (κ2) is 4.49. The van der Waals surface area contributed by atoms with Crippen LogP contribution in [0.5, 0.6) is 0 Å². The molecule has 2 fully saturated rings. The second-order valence-electron chi connectivity index (χ2n) is 4.83. The molecule has 2 aliphatic rings. The van der Waals surface area contributed by atoms with Gasteiger partial charge in [-0.15, -0.1) is 0 Å². The zero-order valence-electron chi connectivity index (χ0n) is 9.70. The van der Waals surface area contributed by atoms with Crippen LogP contribution < -0.4 is 5.32 Å². The van der Waals surface area contributed by atoms with Crippen molar-refractivity contribution in [3.05, 3.63) is 0 Å². The lowest BCUT2D eigenvalue weighted by molar-refractivity contribution is -0.137. The summed E-state index contributed by atoms with van der Waals surface area (Å²) >= 11 is 0. The van der Waals surface area contributed by atoms with E-state index in [1.807, 2.05) is 0 Å². The first kappa shape index (κ1) is 10.9. The minimum atomic E-state index is 0.246. The Labute approximate surface area is 91.6 Å². The lowest BCUT2D eigenvalue weighted by Crippen LogP contribution is -2.54. The molecule has 0 aromatic heterocycles. The van der Waals surface area contributed by atoms with E-state index in [1.54, 1.807) is 0 Å². The van der Waals surface area contributed by atoms with Crippen LogP contribution in [-0.2, 0) is 4.79 Å². The first-order valence-electron chi connectivity index (χ1n) is 5.88. The van der Waals surface area contributed by atoms with E-state index in [-0.39, 0.29) is 5.92 Å². The number of nitrogens with zero attached hydrogens (tertiary/aromatic N) is 2. The van der Waals surface area contributed by atoms with Crippen molar-refractivity contribution < 1.29 is 4.79 Å². The van der Waals surface area contributed by atoms with Crippen LogP contribution in [0.1, 0.15) is 13.3 Å². The Hall–Kier alpha value is -0.610. The molecular weight excluding hydrogens is 190 g/mol. The average molecular weight is 211 g/mol. The Morgan fingerprint density at radius 1 is 1.40 bits per heavy atom. The average Bonchev–Trinajstić information content (AvgIpc) is 2.65. The Balaban J connectivity index is 1.94. The summed E-state index contributed by atoms with van der Waals surface area (Å²) < 4.78 is 0. The number of amides is 1. The Morgan fingerprint density at radius 2 is 2.20 bits per heavy atom. The second-order valence-corrected chi connectivity index (χ2v) is 4.83. The van der Waals surface area contributed by atoms with Gasteiger partial charge in [-0.05, 0) is 26.9 Å². The molecule has 0 aliphatic carbocycles. The number of carbonyl (C=O) groups is 1. The van der Waals surface area contributed by atoms with Crippen molar-refractivity contribution in [2.75, 3.05) is 39.8 Å². The minimum absolute atomic E-state index is 0.246. The van der Waals surface area contributed by atoms with Crippen LogP contribution in [0, 0.1) is 5.92 Å². The third kappa shape index (κ3) is 2.32. The molecule has 2 rings (SSSR count). The van der Waals surface area contributed by atoms with Crippen molar-refractivity contribution in [2.24, 2.45) is 5.92 Å². The molecule has 0 bridgehead atoms. The van der Waals surface area contributed by atoms with Gasteiger partial charge in [-0.1, -0.05) is 0 Å². The molecule has 4 nitrogen and oxygen atoms in total. The van der Waals surface area contributed by atoms with E-state index in [4.69, 9.17) is 0 Å². The Morgan fingerprint density at radius 3 is 2.80 bits per heavy atom. The van der Waals surface area contributed by atoms with Crippen LogP contribution in [-0.4, -0.2) is 61.5 Å². The first-order chi connectivity index (χ1) is 7.18. The van der Waals surface area contributed by atoms with Crippen LogP contribution in [0.25, 0.3) is 0 Å². The number of piperazine rings is 1. The minimum Gasteiger partial charge on any atom is -0.337 e. The fraction of sp³-hybridized carbons (Fsp3) is 0.909. The quantitative estimate of drug-likeness (QED) is 0.650. The molecule has 2 atom stereocenters. The summed E-state index contributed by atoms with van der Waals surface area (Å²) in [6.45, 7) is 6.89. The molecule has 0 aromatic rings. The van der Waals surface area contributed by atoms with E-state index in [2.05, 4.69) is 29.1 Å². The van der Waals surface area contributed by atoms with Crippen LogP contribution in [0.15, 0.2) is 0 Å². The summed E-state index contributed by atoms with van der Waals surface area (Å²) in [7, 11) is 2.09. The maximum Gasteiger partial charge on any atom is 0.227 e. The summed E-state index contributed by atoms with van der Waals surface area (Å²) in [6, 6.07) is 0.358. The molecule has 1 N–H and O–H groups in total. The van der Waals surface area contributed by atoms with Gasteiger partial charge in [0.25, 0.3) is 0 Å². The molecule has 1 unspecified atom stereocenters. The number of likely N-dealkylation sites (tertiary alicyclic amines) is 1. The SMILES string of the molecule is C[C@@H]1CNCCN1C(=O)C1CCN(C)C1. The standard InChI is InChI=1S/C11H21N3O/c1-9-7-12-4-6-14(9)11(15)10-3-5-13(2)8-10/h9-10,12H,3-8H2,1-2H3/t9-,10?/m1/s1. The molecule has 2 aliphatic heterocycles. The molecule has 0 saturated carbocycles. The van der Waals surface area contributed by atoms with Crippen molar-refractivity contribution in [1.82, 2.24) is 15.1 Å². The predicted octanol–water partition coefficient (Wildman–Crippen LogP) is -0.242. The molecule has 0 aromatic carbocycles. The van der Waals surface area contributed by atoms with E-state index in [0.29, 0.717) is 11.9 Å². The summed E-state index contributed by atoms with van der Waals surface area (Å²) in [5.41, 5.74) is 0. The maximum absolute atomic E-state index is 12.2. The molecule has 15 heavy (non-hydrogen) atoms. The van der Waals surface area contributed by atoms with Gasteiger partial charge in [-0.25, -0.2) is 0 Å². The largest absolute Gasteiger partial charge is 0.337 e. The number of hydrogen-bond donors (Lipinski definition) is 1. The summed E-state index contributed by atoms with van der Waals surface area (Å²) in [5.74, 6) is 0.615. The highest BCUT2D eigenvalue weighted by atomic mass is 16.2. The van der Waals surface area contributed by atoms with Gasteiger partial charge in [-0.2, -0.15) is 0 Å². The van der Waals surface area contributed by atoms with Crippen LogP contribution in [0.2, 0.25) is 0 Å². The van der Waals surface area contributed by atoms with Crippen molar-refractivity contribution in [3.8, 4) is 0 Å². The van der Waals surface area contributed by atoms with Crippen LogP contribution >= 0.6 is 0 Å². The van der Waals surface area contributed by atoms with E-state index >= 15 is 0 Å². The van der Waals surface area contributed by atoms with Gasteiger partial charge < -0.3 is 15.1 Å². The number of hydrogen-bond acceptors (Lipinski definition) is 3. The van der Waals surface area contributed by atoms with Gasteiger partial charge >= 0.3 is 0 Å². The maximum atomic E-state index is 12.2. The Bertz CT molecular complexity index is 244. The lowest BCUT2D eigenvalue weighted by atomic mass is 10.1. The van der Waals surface area contributed by atoms with Gasteiger partial charge in [0, 0.05) is 32.2 Å². The summed E-state index contributed by atoms with van der Waals surface area (Å²) in [5, 5.41) is 3.31. The van der Waals surface area contributed by atoms with Gasteiger partial charge in [0.15, 0.2) is 0 Å². The molecule has 2 heterocycles. The zero-order valence-corrected chi connectivity index (χ0v) is 9.70. The van der Waals surface area contributed by atoms with E-state index < -0.39 is 0 Å². The third-order valence-electron chi connectivity index (χ3n) is 3.52. The van der Waals surface area contributed by atoms with E-state index in [1.165, 1.54) is 0 Å². The molecular formula is C11H21N3O. The normalized spacial score (nSPS) is 33.3. The summed E-state index contributed by atoms with van der Waals surface area (Å²) in [6.07, 6.45) is 1.03. The molecule has 86 valence electrons. The van der Waals surface area contributed by atoms with Gasteiger partial charge in [0.2, 0.25) is 5.91 Å². The number of rotatable bonds is 1. The highest BCUT2D eigenvalue weighted by molar-refractivity contribution is 5.79. The lowest BCUT2D eigenvalue weighted by Gasteiger charge is -2.35. The van der Waals surface area contributed by atoms with Crippen molar-refractivity contribution >= 4 is 5.91 Å². The van der Waals surface area contributed by atoms with Gasteiger partial charge in [0.05, 0.1) is 5.92 Å². The van der Waals surface area contributed by atoms with Crippen molar-refractivity contribution in [1.29, 1.82) is 0 Å². The number of carbonyl (C=O) groups excluding carboxylic acids is 1. The zero-order chi connectivity index (χ0) is 10.8. The summed E-state index contributed by atoms with van der Waals surface area (Å²) in [4.78, 5) is 16.5. The highest BCUT2D eigenvalue weighted by Crippen LogP contribution is 2.18. The van der Waals surface area contributed by atoms with Gasteiger partial charge in [-0.3, -0.25) is 4.79 Å². The van der Waals surface area contributed by atoms with E-state index in [9.17, 15) is 4.79 Å². The number of nitrogens with one attached hydrogen (secondary N) is 1. The highest BCUT2D eigenvalue weighted by Gasteiger charge is 2.32.